The van der Waals surface area contributed by atoms with Gasteiger partial charge in [0.25, 0.3) is 0 Å². The molecule has 0 aliphatic carbocycles. The van der Waals surface area contributed by atoms with E-state index in [1.54, 1.807) is 0 Å². The van der Waals surface area contributed by atoms with Crippen LogP contribution in [0.15, 0.2) is 97.5 Å². The number of hydrogen-bond donors (Lipinski definition) is 0. The molecule has 0 N–H and O–H groups in total. The molecule has 3 aromatic heterocycles. The van der Waals surface area contributed by atoms with Gasteiger partial charge in [-0.1, -0.05) is 97.2 Å². The van der Waals surface area contributed by atoms with Gasteiger partial charge in [0.1, 0.15) is 5.82 Å². The van der Waals surface area contributed by atoms with Crippen LogP contribution < -0.4 is 15.0 Å². The second kappa shape index (κ2) is 11.6. The van der Waals surface area contributed by atoms with Crippen LogP contribution in [-0.4, -0.2) is 33.0 Å². The molecule has 1 aliphatic rings. The van der Waals surface area contributed by atoms with Crippen LogP contribution in [0.3, 0.4) is 0 Å². The summed E-state index contributed by atoms with van der Waals surface area (Å²) in [5, 5.41) is 2.25. The van der Waals surface area contributed by atoms with E-state index in [1.165, 1.54) is 22.2 Å². The minimum Gasteiger partial charge on any atom is -0.503 e. The third-order valence-corrected chi connectivity index (χ3v) is 9.22. The second-order valence-corrected chi connectivity index (χ2v) is 13.2. The zero-order valence-electron chi connectivity index (χ0n) is 27.3. The quantitative estimate of drug-likeness (QED) is 0.134. The maximum atomic E-state index is 6.49. The molecule has 4 aromatic carbocycles. The number of imidazole rings is 1. The summed E-state index contributed by atoms with van der Waals surface area (Å²) >= 11 is 0. The Balaban J connectivity index is 0.00000351. The zero-order chi connectivity index (χ0) is 31.7. The van der Waals surface area contributed by atoms with Crippen molar-refractivity contribution in [2.45, 2.75) is 40.0 Å². The van der Waals surface area contributed by atoms with Crippen LogP contribution in [0.1, 0.15) is 37.5 Å². The summed E-state index contributed by atoms with van der Waals surface area (Å²) < 4.78 is 10.9. The number of fused-ring (bicyclic) bond motifs is 6. The third kappa shape index (κ3) is 5.09. The van der Waals surface area contributed by atoms with E-state index in [1.807, 2.05) is 24.5 Å². The van der Waals surface area contributed by atoms with Gasteiger partial charge >= 0.3 is 28.0 Å². The third-order valence-electron chi connectivity index (χ3n) is 9.22. The molecule has 7 aromatic rings. The molecule has 4 heterocycles. The van der Waals surface area contributed by atoms with Crippen LogP contribution in [0.4, 0.5) is 5.69 Å². The predicted octanol–water partition coefficient (Wildman–Crippen LogP) is 8.04. The first-order valence-corrected chi connectivity index (χ1v) is 15.7. The molecule has 1 aliphatic heterocycles. The Kier molecular flexibility index (Phi) is 7.64. The first kappa shape index (κ1) is 31.0. The van der Waals surface area contributed by atoms with Crippen LogP contribution in [0, 0.1) is 26.0 Å². The fourth-order valence-electron chi connectivity index (χ4n) is 6.88. The minimum atomic E-state index is -0.00516. The number of aryl methyl sites for hydroxylation is 2. The van der Waals surface area contributed by atoms with Crippen molar-refractivity contribution in [2.75, 3.05) is 11.9 Å². The van der Waals surface area contributed by atoms with Crippen molar-refractivity contribution >= 4 is 39.9 Å². The maximum Gasteiger partial charge on any atom is 2.00 e. The van der Waals surface area contributed by atoms with Gasteiger partial charge in [-0.25, -0.2) is 4.98 Å². The molecule has 47 heavy (non-hydrogen) atoms. The van der Waals surface area contributed by atoms with Gasteiger partial charge < -0.3 is 18.6 Å². The predicted molar refractivity (Wildman–Crippen MR) is 188 cm³/mol. The Morgan fingerprint density at radius 3 is 2.32 bits per heavy atom. The number of benzene rings is 4. The molecule has 234 valence electrons. The smallest absolute Gasteiger partial charge is 0.503 e. The molecule has 0 bridgehead atoms. The van der Waals surface area contributed by atoms with Gasteiger partial charge in [0, 0.05) is 41.4 Å². The molecule has 0 radical (unpaired) electrons. The van der Waals surface area contributed by atoms with Crippen LogP contribution in [0.2, 0.25) is 0 Å². The number of pyridine rings is 1. The van der Waals surface area contributed by atoms with E-state index in [2.05, 4.69) is 141 Å². The standard InChI is InChI=1S/C39H34BN5O.Pt/c1-25-10-9-11-26(2)37(25)40-43(6)33-17-15-28(23-32(33)38-42-20-21-44(38)40)46-29-14-16-31-30-12-7-8-13-34(30)45(35(31)24-29)36-22-27(18-19-41-36)39(3,4)5;/h7-22H,1-6H3;/q-2;+2. The monoisotopic (exact) mass is 794 g/mol. The zero-order valence-corrected chi connectivity index (χ0v) is 29.5. The van der Waals surface area contributed by atoms with Crippen LogP contribution in [0.5, 0.6) is 11.5 Å². The van der Waals surface area contributed by atoms with Crippen LogP contribution in [-0.2, 0) is 26.5 Å². The summed E-state index contributed by atoms with van der Waals surface area (Å²) in [6, 6.07) is 34.5. The van der Waals surface area contributed by atoms with E-state index in [-0.39, 0.29) is 33.5 Å². The Morgan fingerprint density at radius 2 is 1.53 bits per heavy atom. The molecule has 8 rings (SSSR count). The normalized spacial score (nSPS) is 12.6. The summed E-state index contributed by atoms with van der Waals surface area (Å²) in [5.74, 6) is 2.95. The molecular formula is C39H34BN5OPt. The van der Waals surface area contributed by atoms with Crippen molar-refractivity contribution in [1.82, 2.24) is 19.0 Å². The van der Waals surface area contributed by atoms with E-state index in [9.17, 15) is 0 Å². The molecular weight excluding hydrogens is 760 g/mol. The molecule has 0 amide bonds. The summed E-state index contributed by atoms with van der Waals surface area (Å²) in [4.78, 5) is 11.9. The minimum absolute atomic E-state index is 0. The fourth-order valence-corrected chi connectivity index (χ4v) is 6.88. The Hall–Kier alpha value is -4.61. The molecule has 0 saturated carbocycles. The first-order valence-electron chi connectivity index (χ1n) is 15.7. The summed E-state index contributed by atoms with van der Waals surface area (Å²) in [5.41, 5.74) is 8.99. The van der Waals surface area contributed by atoms with Crippen molar-refractivity contribution in [1.29, 1.82) is 0 Å². The topological polar surface area (TPSA) is 48.1 Å². The second-order valence-electron chi connectivity index (χ2n) is 13.2. The largest absolute Gasteiger partial charge is 2.00 e. The van der Waals surface area contributed by atoms with Crippen molar-refractivity contribution < 1.29 is 25.8 Å². The number of nitrogens with zero attached hydrogens (tertiary/aromatic N) is 5. The SMILES string of the molecule is Cc1cccc(C)c1B1N(C)c2ccc(Oc3[c-]c4c(cc3)c3ccccc3n4-c3cc(C(C)(C)C)ccn3)[c-]c2-c2nccn21.[Pt+2]. The molecule has 8 heteroatoms. The van der Waals surface area contributed by atoms with Crippen molar-refractivity contribution in [3.63, 3.8) is 0 Å². The molecule has 6 nitrogen and oxygen atoms in total. The molecule has 0 atom stereocenters. The first-order chi connectivity index (χ1) is 22.2. The Labute approximate surface area is 290 Å². The van der Waals surface area contributed by atoms with E-state index in [0.717, 1.165) is 44.7 Å². The number of para-hydroxylation sites is 1. The van der Waals surface area contributed by atoms with Gasteiger partial charge in [-0.3, -0.25) is 4.98 Å². The number of hydrogen-bond acceptors (Lipinski definition) is 4. The Morgan fingerprint density at radius 1 is 0.787 bits per heavy atom. The number of anilines is 1. The van der Waals surface area contributed by atoms with Gasteiger partial charge in [0.15, 0.2) is 0 Å². The van der Waals surface area contributed by atoms with Crippen molar-refractivity contribution in [3.05, 3.63) is 126 Å². The number of aromatic nitrogens is 4. The number of rotatable bonds is 4. The van der Waals surface area contributed by atoms with E-state index < -0.39 is 0 Å². The van der Waals surface area contributed by atoms with Gasteiger partial charge in [0.05, 0.1) is 0 Å². The van der Waals surface area contributed by atoms with Gasteiger partial charge in [-0.15, -0.1) is 23.6 Å². The van der Waals surface area contributed by atoms with E-state index >= 15 is 0 Å². The average Bonchev–Trinajstić information content (AvgIpc) is 3.65. The van der Waals surface area contributed by atoms with Crippen molar-refractivity contribution in [3.8, 4) is 28.7 Å². The van der Waals surface area contributed by atoms with Gasteiger partial charge in [-0.2, -0.15) is 6.07 Å². The van der Waals surface area contributed by atoms with E-state index in [4.69, 9.17) is 14.7 Å². The van der Waals surface area contributed by atoms with Gasteiger partial charge in [0.2, 0.25) is 0 Å². The molecule has 0 fully saturated rings. The van der Waals surface area contributed by atoms with Crippen LogP contribution >= 0.6 is 0 Å². The average molecular weight is 795 g/mol. The van der Waals surface area contributed by atoms with Gasteiger partial charge in [-0.05, 0) is 60.9 Å². The van der Waals surface area contributed by atoms with Crippen molar-refractivity contribution in [2.24, 2.45) is 0 Å². The number of ether oxygens (including phenoxy) is 1. The fraction of sp³-hybridized carbons (Fsp3) is 0.179. The summed E-state index contributed by atoms with van der Waals surface area (Å²) in [6.07, 6.45) is 5.81. The summed E-state index contributed by atoms with van der Waals surface area (Å²) in [7, 11) is 2.13. The molecule has 0 spiro atoms. The van der Waals surface area contributed by atoms with E-state index in [0.29, 0.717) is 11.5 Å². The molecule has 0 unspecified atom stereocenters. The van der Waals surface area contributed by atoms with Crippen LogP contribution in [0.25, 0.3) is 39.0 Å². The molecule has 0 saturated heterocycles. The Bertz CT molecular complexity index is 2280. The maximum absolute atomic E-state index is 6.49. The summed E-state index contributed by atoms with van der Waals surface area (Å²) in [6.45, 7) is 11.0.